The van der Waals surface area contributed by atoms with Crippen LogP contribution in [0.3, 0.4) is 0 Å². The number of benzene rings is 2. The van der Waals surface area contributed by atoms with Crippen LogP contribution in [-0.4, -0.2) is 26.3 Å². The van der Waals surface area contributed by atoms with Crippen molar-refractivity contribution in [2.24, 2.45) is 0 Å². The molecule has 2 aromatic heterocycles. The van der Waals surface area contributed by atoms with Crippen LogP contribution in [0.2, 0.25) is 5.02 Å². The SMILES string of the molecule is CCOC(=O)c1cn(-c2ccc(-n3ccoc3=O)cc2)c(=O)n(C2CCc3c(Cl)cccc32)c1=O. The van der Waals surface area contributed by atoms with Crippen LogP contribution in [-0.2, 0) is 11.2 Å². The predicted octanol–water partition coefficient (Wildman–Crippen LogP) is 3.11. The van der Waals surface area contributed by atoms with Gasteiger partial charge in [-0.05, 0) is 61.2 Å². The molecule has 9 nitrogen and oxygen atoms in total. The first-order valence-electron chi connectivity index (χ1n) is 11.0. The van der Waals surface area contributed by atoms with Crippen LogP contribution in [0.5, 0.6) is 0 Å². The Morgan fingerprint density at radius 2 is 1.80 bits per heavy atom. The molecule has 0 N–H and O–H groups in total. The molecule has 0 bridgehead atoms. The molecule has 0 saturated heterocycles. The number of nitrogens with zero attached hydrogens (tertiary/aromatic N) is 3. The van der Waals surface area contributed by atoms with Gasteiger partial charge in [0.05, 0.1) is 30.2 Å². The molecule has 5 rings (SSSR count). The first kappa shape index (κ1) is 22.7. The van der Waals surface area contributed by atoms with Gasteiger partial charge in [0.1, 0.15) is 11.8 Å². The van der Waals surface area contributed by atoms with Crippen molar-refractivity contribution in [3.8, 4) is 11.4 Å². The molecule has 0 fully saturated rings. The molecule has 2 aromatic carbocycles. The number of carbonyl (C=O) groups is 1. The zero-order valence-electron chi connectivity index (χ0n) is 18.6. The van der Waals surface area contributed by atoms with Gasteiger partial charge in [0.15, 0.2) is 0 Å². The van der Waals surface area contributed by atoms with Crippen LogP contribution in [0.15, 0.2) is 79.9 Å². The Kier molecular flexibility index (Phi) is 5.78. The first-order chi connectivity index (χ1) is 16.9. The molecule has 10 heteroatoms. The largest absolute Gasteiger partial charge is 0.462 e. The van der Waals surface area contributed by atoms with Crippen molar-refractivity contribution >= 4 is 17.6 Å². The summed E-state index contributed by atoms with van der Waals surface area (Å²) in [5.41, 5.74) is 1.01. The van der Waals surface area contributed by atoms with E-state index < -0.39 is 29.0 Å². The van der Waals surface area contributed by atoms with E-state index in [9.17, 15) is 19.2 Å². The van der Waals surface area contributed by atoms with Crippen LogP contribution < -0.4 is 17.0 Å². The number of hydrogen-bond donors (Lipinski definition) is 0. The summed E-state index contributed by atoms with van der Waals surface area (Å²) in [7, 11) is 0. The molecular weight excluding hydrogens is 474 g/mol. The number of rotatable bonds is 5. The minimum Gasteiger partial charge on any atom is -0.462 e. The highest BCUT2D eigenvalue weighted by atomic mass is 35.5. The Bertz CT molecular complexity index is 1610. The van der Waals surface area contributed by atoms with Crippen molar-refractivity contribution in [1.29, 1.82) is 0 Å². The molecule has 178 valence electrons. The Morgan fingerprint density at radius 3 is 2.46 bits per heavy atom. The summed E-state index contributed by atoms with van der Waals surface area (Å²) in [6.45, 7) is 1.71. The molecule has 0 saturated carbocycles. The molecule has 4 aromatic rings. The molecular formula is C25H20ClN3O6. The van der Waals surface area contributed by atoms with Crippen molar-refractivity contribution in [3.05, 3.63) is 114 Å². The predicted molar refractivity (Wildman–Crippen MR) is 128 cm³/mol. The number of fused-ring (bicyclic) bond motifs is 1. The average molecular weight is 494 g/mol. The van der Waals surface area contributed by atoms with Crippen molar-refractivity contribution in [2.45, 2.75) is 25.8 Å². The molecule has 0 aliphatic heterocycles. The topological polar surface area (TPSA) is 105 Å². The van der Waals surface area contributed by atoms with Gasteiger partial charge in [-0.25, -0.2) is 19.0 Å². The van der Waals surface area contributed by atoms with E-state index in [-0.39, 0.29) is 12.2 Å². The summed E-state index contributed by atoms with van der Waals surface area (Å²) in [4.78, 5) is 51.5. The van der Waals surface area contributed by atoms with Gasteiger partial charge in [-0.15, -0.1) is 0 Å². The fourth-order valence-electron chi connectivity index (χ4n) is 4.47. The second kappa shape index (κ2) is 8.92. The summed E-state index contributed by atoms with van der Waals surface area (Å²) >= 11 is 6.34. The third-order valence-corrected chi connectivity index (χ3v) is 6.44. The Hall–Kier alpha value is -4.11. The maximum absolute atomic E-state index is 13.6. The molecule has 35 heavy (non-hydrogen) atoms. The molecule has 1 aliphatic rings. The quantitative estimate of drug-likeness (QED) is 0.395. The highest BCUT2D eigenvalue weighted by Gasteiger charge is 2.30. The number of aromatic nitrogens is 3. The van der Waals surface area contributed by atoms with E-state index in [1.807, 2.05) is 6.07 Å². The van der Waals surface area contributed by atoms with Gasteiger partial charge >= 0.3 is 17.4 Å². The number of oxazole rings is 1. The average Bonchev–Trinajstić information content (AvgIpc) is 3.47. The fourth-order valence-corrected chi connectivity index (χ4v) is 4.75. The zero-order valence-corrected chi connectivity index (χ0v) is 19.4. The highest BCUT2D eigenvalue weighted by molar-refractivity contribution is 6.31. The van der Waals surface area contributed by atoms with E-state index in [1.54, 1.807) is 43.3 Å². The van der Waals surface area contributed by atoms with Crippen molar-refractivity contribution in [2.75, 3.05) is 6.61 Å². The highest BCUT2D eigenvalue weighted by Crippen LogP contribution is 2.36. The summed E-state index contributed by atoms with van der Waals surface area (Å²) < 4.78 is 13.5. The standard InChI is InChI=1S/C25H20ClN3O6/c1-2-34-23(31)19-14-28(16-8-6-15(7-9-16)27-12-13-35-25(27)33)24(32)29(22(19)30)21-11-10-17-18(21)4-3-5-20(17)26/h3-9,12-14,21H,2,10-11H2,1H3. The van der Waals surface area contributed by atoms with Gasteiger partial charge in [-0.3, -0.25) is 13.9 Å². The lowest BCUT2D eigenvalue weighted by Gasteiger charge is -2.18. The van der Waals surface area contributed by atoms with E-state index in [2.05, 4.69) is 0 Å². The molecule has 1 aliphatic carbocycles. The minimum atomic E-state index is -0.814. The molecule has 0 amide bonds. The third-order valence-electron chi connectivity index (χ3n) is 6.09. The van der Waals surface area contributed by atoms with Gasteiger partial charge < -0.3 is 9.15 Å². The van der Waals surface area contributed by atoms with Crippen LogP contribution in [0, 0.1) is 0 Å². The Balaban J connectivity index is 1.69. The van der Waals surface area contributed by atoms with E-state index in [0.717, 1.165) is 15.7 Å². The number of esters is 1. The normalized spacial score (nSPS) is 14.6. The summed E-state index contributed by atoms with van der Waals surface area (Å²) in [5.74, 6) is -1.36. The maximum Gasteiger partial charge on any atom is 0.423 e. The number of hydrogen-bond acceptors (Lipinski definition) is 6. The lowest BCUT2D eigenvalue weighted by atomic mass is 10.1. The number of ether oxygens (including phenoxy) is 1. The van der Waals surface area contributed by atoms with Gasteiger partial charge in [-0.1, -0.05) is 23.7 Å². The lowest BCUT2D eigenvalue weighted by molar-refractivity contribution is 0.0522. The first-order valence-corrected chi connectivity index (χ1v) is 11.4. The molecule has 2 heterocycles. The smallest absolute Gasteiger partial charge is 0.423 e. The molecule has 1 atom stereocenters. The maximum atomic E-state index is 13.6. The molecule has 1 unspecified atom stereocenters. The molecule has 0 radical (unpaired) electrons. The summed E-state index contributed by atoms with van der Waals surface area (Å²) in [5, 5.41) is 0.574. The van der Waals surface area contributed by atoms with Crippen LogP contribution in [0.25, 0.3) is 11.4 Å². The van der Waals surface area contributed by atoms with E-state index in [1.165, 1.54) is 27.8 Å². The third kappa shape index (κ3) is 3.83. The van der Waals surface area contributed by atoms with E-state index in [4.69, 9.17) is 20.8 Å². The summed E-state index contributed by atoms with van der Waals surface area (Å²) in [6, 6.07) is 11.3. The van der Waals surface area contributed by atoms with Crippen molar-refractivity contribution < 1.29 is 13.9 Å². The second-order valence-electron chi connectivity index (χ2n) is 8.01. The van der Waals surface area contributed by atoms with Crippen molar-refractivity contribution in [1.82, 2.24) is 13.7 Å². The monoisotopic (exact) mass is 493 g/mol. The van der Waals surface area contributed by atoms with Crippen LogP contribution >= 0.6 is 11.6 Å². The molecule has 0 spiro atoms. The van der Waals surface area contributed by atoms with Gasteiger partial charge in [0.2, 0.25) is 0 Å². The fraction of sp³-hybridized carbons (Fsp3) is 0.200. The van der Waals surface area contributed by atoms with Gasteiger partial charge in [-0.2, -0.15) is 0 Å². The number of halogens is 1. The van der Waals surface area contributed by atoms with Crippen LogP contribution in [0.4, 0.5) is 0 Å². The minimum absolute atomic E-state index is 0.0768. The Morgan fingerprint density at radius 1 is 1.09 bits per heavy atom. The van der Waals surface area contributed by atoms with E-state index in [0.29, 0.717) is 29.2 Å². The summed E-state index contributed by atoms with van der Waals surface area (Å²) in [6.07, 6.45) is 5.04. The second-order valence-corrected chi connectivity index (χ2v) is 8.42. The number of carbonyl (C=O) groups excluding carboxylic acids is 1. The van der Waals surface area contributed by atoms with Gasteiger partial charge in [0.25, 0.3) is 5.56 Å². The van der Waals surface area contributed by atoms with Crippen molar-refractivity contribution in [3.63, 3.8) is 0 Å². The van der Waals surface area contributed by atoms with Gasteiger partial charge in [0, 0.05) is 11.2 Å². The van der Waals surface area contributed by atoms with E-state index >= 15 is 0 Å². The zero-order chi connectivity index (χ0) is 24.7. The Labute approximate surface area is 203 Å². The lowest BCUT2D eigenvalue weighted by Crippen LogP contribution is -2.44. The van der Waals surface area contributed by atoms with Crippen LogP contribution in [0.1, 0.15) is 40.9 Å².